The van der Waals surface area contributed by atoms with E-state index < -0.39 is 0 Å². The summed E-state index contributed by atoms with van der Waals surface area (Å²) in [6.45, 7) is 0.823. The number of benzene rings is 1. The van der Waals surface area contributed by atoms with Gasteiger partial charge in [-0.1, -0.05) is 12.1 Å². The van der Waals surface area contributed by atoms with Gasteiger partial charge in [0.25, 0.3) is 0 Å². The molecule has 0 bridgehead atoms. The van der Waals surface area contributed by atoms with Crippen LogP contribution in [-0.2, 0) is 0 Å². The van der Waals surface area contributed by atoms with Crippen molar-refractivity contribution in [1.29, 1.82) is 0 Å². The van der Waals surface area contributed by atoms with Crippen LogP contribution in [0.25, 0.3) is 5.57 Å². The monoisotopic (exact) mass is 309 g/mol. The Morgan fingerprint density at radius 2 is 2.05 bits per heavy atom. The van der Waals surface area contributed by atoms with E-state index >= 15 is 0 Å². The summed E-state index contributed by atoms with van der Waals surface area (Å²) in [6.07, 6.45) is 5.37. The molecule has 0 radical (unpaired) electrons. The second-order valence-corrected chi connectivity index (χ2v) is 6.72. The number of rotatable bonds is 2. The number of carbonyl (C=O) groups excluding carboxylic acids is 1. The second kappa shape index (κ2) is 5.21. The molecule has 0 spiro atoms. The van der Waals surface area contributed by atoms with E-state index in [4.69, 9.17) is 0 Å². The number of carbonyl (C=O) groups is 1. The molecule has 1 N–H and O–H groups in total. The third-order valence-corrected chi connectivity index (χ3v) is 5.55. The van der Waals surface area contributed by atoms with Crippen LogP contribution in [-0.4, -0.2) is 23.6 Å². The zero-order valence-electron chi connectivity index (χ0n) is 12.0. The molecule has 1 aliphatic carbocycles. The maximum atomic E-state index is 12.3. The molecular formula is C18H15NO2S. The summed E-state index contributed by atoms with van der Waals surface area (Å²) in [5.41, 5.74) is 3.50. The molecule has 1 atom stereocenters. The van der Waals surface area contributed by atoms with Crippen LogP contribution in [0.3, 0.4) is 0 Å². The largest absolute Gasteiger partial charge is 0.508 e. The first-order valence-corrected chi connectivity index (χ1v) is 8.19. The molecule has 3 nitrogen and oxygen atoms in total. The van der Waals surface area contributed by atoms with Crippen molar-refractivity contribution in [3.63, 3.8) is 0 Å². The zero-order chi connectivity index (χ0) is 15.1. The lowest BCUT2D eigenvalue weighted by molar-refractivity contribution is 0.0994. The number of phenols is 1. The van der Waals surface area contributed by atoms with Gasteiger partial charge >= 0.3 is 0 Å². The van der Waals surface area contributed by atoms with Crippen LogP contribution in [0.15, 0.2) is 41.4 Å². The topological polar surface area (TPSA) is 49.7 Å². The van der Waals surface area contributed by atoms with Crippen LogP contribution < -0.4 is 0 Å². The van der Waals surface area contributed by atoms with Gasteiger partial charge in [-0.15, -0.1) is 11.3 Å². The maximum absolute atomic E-state index is 12.3. The Labute approximate surface area is 132 Å². The average molecular weight is 309 g/mol. The minimum Gasteiger partial charge on any atom is -0.508 e. The van der Waals surface area contributed by atoms with Gasteiger partial charge in [-0.25, -0.2) is 0 Å². The Morgan fingerprint density at radius 1 is 1.23 bits per heavy atom. The fourth-order valence-electron chi connectivity index (χ4n) is 3.12. The molecule has 0 amide bonds. The first-order chi connectivity index (χ1) is 10.7. The number of hydrogen-bond donors (Lipinski definition) is 1. The van der Waals surface area contributed by atoms with Crippen molar-refractivity contribution in [3.8, 4) is 5.75 Å². The van der Waals surface area contributed by atoms with E-state index in [0.29, 0.717) is 6.42 Å². The Morgan fingerprint density at radius 3 is 2.77 bits per heavy atom. The van der Waals surface area contributed by atoms with Gasteiger partial charge in [-0.2, -0.15) is 0 Å². The summed E-state index contributed by atoms with van der Waals surface area (Å²) in [5, 5.41) is 9.44. The van der Waals surface area contributed by atoms with Gasteiger partial charge in [0.15, 0.2) is 5.78 Å². The molecule has 1 aromatic heterocycles. The Balaban J connectivity index is 1.74. The predicted octanol–water partition coefficient (Wildman–Crippen LogP) is 4.03. The number of ketones is 1. The number of phenolic OH excluding ortho intramolecular Hbond substituents is 1. The molecule has 0 fully saturated rings. The van der Waals surface area contributed by atoms with Crippen LogP contribution in [0.5, 0.6) is 5.75 Å². The van der Waals surface area contributed by atoms with Crippen LogP contribution >= 0.6 is 11.3 Å². The Bertz CT molecular complexity index is 799. The van der Waals surface area contributed by atoms with Crippen molar-refractivity contribution in [3.05, 3.63) is 57.3 Å². The van der Waals surface area contributed by atoms with Gasteiger partial charge in [0.2, 0.25) is 0 Å². The van der Waals surface area contributed by atoms with Crippen molar-refractivity contribution in [1.82, 2.24) is 0 Å². The van der Waals surface area contributed by atoms with E-state index in [0.717, 1.165) is 29.0 Å². The molecule has 2 heterocycles. The van der Waals surface area contributed by atoms with E-state index in [1.165, 1.54) is 10.5 Å². The SMILES string of the molecule is O=C1CC(c2ccc(O)cc2)c2cc(C3=CC=NCC3)sc21. The van der Waals surface area contributed by atoms with E-state index in [9.17, 15) is 9.90 Å². The highest BCUT2D eigenvalue weighted by Gasteiger charge is 2.33. The molecule has 0 saturated heterocycles. The number of thiophene rings is 1. The average Bonchev–Trinajstić information content (AvgIpc) is 3.10. The molecule has 0 saturated carbocycles. The van der Waals surface area contributed by atoms with Crippen LogP contribution in [0.4, 0.5) is 0 Å². The molecule has 1 unspecified atom stereocenters. The minimum absolute atomic E-state index is 0.117. The fourth-order valence-corrected chi connectivity index (χ4v) is 4.35. The number of Topliss-reactive ketones (excluding diaryl/α,β-unsaturated/α-hetero) is 1. The molecule has 2 aliphatic rings. The van der Waals surface area contributed by atoms with Crippen molar-refractivity contribution in [2.45, 2.75) is 18.8 Å². The number of nitrogens with zero attached hydrogens (tertiary/aromatic N) is 1. The summed E-state index contributed by atoms with van der Waals surface area (Å²) >= 11 is 1.61. The highest BCUT2D eigenvalue weighted by molar-refractivity contribution is 7.15. The number of dihydropyridines is 1. The van der Waals surface area contributed by atoms with Gasteiger partial charge in [-0.05, 0) is 47.4 Å². The summed E-state index contributed by atoms with van der Waals surface area (Å²) in [7, 11) is 0. The quantitative estimate of drug-likeness (QED) is 0.910. The van der Waals surface area contributed by atoms with Crippen LogP contribution in [0, 0.1) is 0 Å². The van der Waals surface area contributed by atoms with Crippen molar-refractivity contribution in [2.75, 3.05) is 6.54 Å². The highest BCUT2D eigenvalue weighted by Crippen LogP contribution is 2.44. The maximum Gasteiger partial charge on any atom is 0.174 e. The molecule has 4 rings (SSSR count). The molecule has 110 valence electrons. The standard InChI is InChI=1S/C18H15NO2S/c20-13-3-1-11(2-4-13)14-9-16(21)18-15(14)10-17(22-18)12-5-7-19-8-6-12/h1-5,7,10,14,20H,6,8-9H2. The summed E-state index contributed by atoms with van der Waals surface area (Å²) < 4.78 is 0. The van der Waals surface area contributed by atoms with Gasteiger partial charge in [0.05, 0.1) is 4.88 Å². The van der Waals surface area contributed by atoms with E-state index in [-0.39, 0.29) is 17.5 Å². The zero-order valence-corrected chi connectivity index (χ0v) is 12.8. The first-order valence-electron chi connectivity index (χ1n) is 7.37. The van der Waals surface area contributed by atoms with E-state index in [1.807, 2.05) is 24.4 Å². The van der Waals surface area contributed by atoms with E-state index in [1.54, 1.807) is 23.5 Å². The molecular weight excluding hydrogens is 294 g/mol. The van der Waals surface area contributed by atoms with Gasteiger partial charge in [0.1, 0.15) is 5.75 Å². The van der Waals surface area contributed by atoms with Gasteiger partial charge in [-0.3, -0.25) is 9.79 Å². The van der Waals surface area contributed by atoms with Crippen molar-refractivity contribution in [2.24, 2.45) is 4.99 Å². The normalized spacial score (nSPS) is 20.1. The first kappa shape index (κ1) is 13.5. The third-order valence-electron chi connectivity index (χ3n) is 4.28. The number of fused-ring (bicyclic) bond motifs is 1. The lowest BCUT2D eigenvalue weighted by Crippen LogP contribution is -1.97. The number of aromatic hydroxyl groups is 1. The lowest BCUT2D eigenvalue weighted by atomic mass is 9.93. The van der Waals surface area contributed by atoms with Crippen LogP contribution in [0.1, 0.15) is 44.4 Å². The molecule has 1 aliphatic heterocycles. The lowest BCUT2D eigenvalue weighted by Gasteiger charge is -2.10. The Kier molecular flexibility index (Phi) is 3.19. The smallest absolute Gasteiger partial charge is 0.174 e. The highest BCUT2D eigenvalue weighted by atomic mass is 32.1. The van der Waals surface area contributed by atoms with Crippen LogP contribution in [0.2, 0.25) is 0 Å². The second-order valence-electron chi connectivity index (χ2n) is 5.66. The summed E-state index contributed by atoms with van der Waals surface area (Å²) in [6, 6.07) is 9.36. The molecule has 1 aromatic carbocycles. The molecule has 4 heteroatoms. The predicted molar refractivity (Wildman–Crippen MR) is 89.2 cm³/mol. The van der Waals surface area contributed by atoms with Gasteiger partial charge in [0, 0.05) is 30.0 Å². The summed E-state index contributed by atoms with van der Waals surface area (Å²) in [5.74, 6) is 0.603. The van der Waals surface area contributed by atoms with Crippen molar-refractivity contribution < 1.29 is 9.90 Å². The number of allylic oxidation sites excluding steroid dienone is 1. The van der Waals surface area contributed by atoms with Gasteiger partial charge < -0.3 is 5.11 Å². The fraction of sp³-hybridized carbons (Fsp3) is 0.222. The Hall–Kier alpha value is -2.20. The molecule has 22 heavy (non-hydrogen) atoms. The minimum atomic E-state index is 0.117. The number of aliphatic imine (C=N–C) groups is 1. The van der Waals surface area contributed by atoms with Crippen molar-refractivity contribution >= 4 is 28.9 Å². The van der Waals surface area contributed by atoms with E-state index in [2.05, 4.69) is 11.1 Å². The third kappa shape index (κ3) is 2.20. The molecule has 2 aromatic rings. The number of hydrogen-bond acceptors (Lipinski definition) is 4. The summed E-state index contributed by atoms with van der Waals surface area (Å²) in [4.78, 5) is 18.6.